The van der Waals surface area contributed by atoms with Gasteiger partial charge in [-0.15, -0.1) is 11.3 Å². The average Bonchev–Trinajstić information content (AvgIpc) is 2.62. The Morgan fingerprint density at radius 3 is 2.29 bits per heavy atom. The van der Waals surface area contributed by atoms with Crippen LogP contribution in [-0.2, 0) is 10.0 Å². The van der Waals surface area contributed by atoms with Crippen molar-refractivity contribution in [2.75, 3.05) is 13.1 Å². The second-order valence-electron chi connectivity index (χ2n) is 3.47. The van der Waals surface area contributed by atoms with E-state index in [1.54, 1.807) is 20.8 Å². The van der Waals surface area contributed by atoms with E-state index >= 15 is 0 Å². The zero-order valence-corrected chi connectivity index (χ0v) is 11.6. The van der Waals surface area contributed by atoms with Crippen molar-refractivity contribution in [2.45, 2.75) is 25.0 Å². The Bertz CT molecular complexity index is 514. The van der Waals surface area contributed by atoms with E-state index in [9.17, 15) is 13.2 Å². The molecule has 0 saturated carbocycles. The Morgan fingerprint density at radius 1 is 1.41 bits per heavy atom. The fourth-order valence-corrected chi connectivity index (χ4v) is 4.47. The number of carboxylic acid groups (broad SMARTS) is 1. The number of thiophene rings is 1. The van der Waals surface area contributed by atoms with Crippen molar-refractivity contribution in [1.29, 1.82) is 0 Å². The number of sulfonamides is 1. The highest BCUT2D eigenvalue weighted by atomic mass is 32.2. The van der Waals surface area contributed by atoms with Gasteiger partial charge in [-0.1, -0.05) is 13.8 Å². The van der Waals surface area contributed by atoms with Crippen LogP contribution in [0.1, 0.15) is 29.1 Å². The fraction of sp³-hybridized carbons (Fsp3) is 0.500. The van der Waals surface area contributed by atoms with Gasteiger partial charge in [0.1, 0.15) is 9.09 Å². The number of hydrogen-bond acceptors (Lipinski definition) is 4. The molecule has 0 fully saturated rings. The summed E-state index contributed by atoms with van der Waals surface area (Å²) in [7, 11) is -3.55. The largest absolute Gasteiger partial charge is 0.477 e. The molecule has 0 unspecified atom stereocenters. The van der Waals surface area contributed by atoms with Crippen molar-refractivity contribution in [2.24, 2.45) is 0 Å². The zero-order valence-electron chi connectivity index (χ0n) is 9.93. The molecule has 0 aliphatic heterocycles. The molecule has 0 aliphatic carbocycles. The Kier molecular flexibility index (Phi) is 4.29. The highest BCUT2D eigenvalue weighted by Crippen LogP contribution is 2.28. The molecule has 0 radical (unpaired) electrons. The number of nitrogens with zero attached hydrogens (tertiary/aromatic N) is 1. The first-order valence-electron chi connectivity index (χ1n) is 5.18. The number of carbonyl (C=O) groups is 1. The van der Waals surface area contributed by atoms with E-state index < -0.39 is 16.0 Å². The number of carboxylic acids is 1. The number of aryl methyl sites for hydroxylation is 1. The van der Waals surface area contributed by atoms with Crippen LogP contribution in [0.4, 0.5) is 0 Å². The summed E-state index contributed by atoms with van der Waals surface area (Å²) in [6, 6.07) is 1.42. The highest BCUT2D eigenvalue weighted by Gasteiger charge is 2.26. The van der Waals surface area contributed by atoms with Gasteiger partial charge < -0.3 is 5.11 Å². The number of aromatic carboxylic acids is 1. The molecule has 0 atom stereocenters. The van der Waals surface area contributed by atoms with Crippen LogP contribution >= 0.6 is 11.3 Å². The molecule has 96 valence electrons. The summed E-state index contributed by atoms with van der Waals surface area (Å²) in [6.45, 7) is 5.84. The van der Waals surface area contributed by atoms with E-state index in [1.807, 2.05) is 0 Å². The second kappa shape index (κ2) is 5.16. The zero-order chi connectivity index (χ0) is 13.2. The van der Waals surface area contributed by atoms with Crippen LogP contribution in [0.3, 0.4) is 0 Å². The van der Waals surface area contributed by atoms with Crippen molar-refractivity contribution >= 4 is 27.3 Å². The van der Waals surface area contributed by atoms with Gasteiger partial charge in [-0.3, -0.25) is 0 Å². The maximum atomic E-state index is 12.1. The summed E-state index contributed by atoms with van der Waals surface area (Å²) in [5.41, 5.74) is 0.480. The molecular weight excluding hydrogens is 262 g/mol. The van der Waals surface area contributed by atoms with Crippen LogP contribution in [0, 0.1) is 6.92 Å². The van der Waals surface area contributed by atoms with Crippen molar-refractivity contribution in [1.82, 2.24) is 4.31 Å². The van der Waals surface area contributed by atoms with Gasteiger partial charge >= 0.3 is 5.97 Å². The quantitative estimate of drug-likeness (QED) is 0.890. The molecule has 17 heavy (non-hydrogen) atoms. The minimum absolute atomic E-state index is 0.0794. The Hall–Kier alpha value is -0.920. The smallest absolute Gasteiger partial charge is 0.346 e. The second-order valence-corrected chi connectivity index (χ2v) is 6.69. The molecule has 1 heterocycles. The molecule has 1 rings (SSSR count). The maximum absolute atomic E-state index is 12.1. The first kappa shape index (κ1) is 14.1. The van der Waals surface area contributed by atoms with E-state index in [2.05, 4.69) is 0 Å². The van der Waals surface area contributed by atoms with Crippen molar-refractivity contribution in [3.05, 3.63) is 16.5 Å². The molecule has 0 aromatic carbocycles. The lowest BCUT2D eigenvalue weighted by Crippen LogP contribution is -2.29. The van der Waals surface area contributed by atoms with Gasteiger partial charge in [0.25, 0.3) is 10.0 Å². The molecule has 0 spiro atoms. The molecule has 5 nitrogen and oxygen atoms in total. The van der Waals surface area contributed by atoms with Crippen LogP contribution in [0.15, 0.2) is 10.3 Å². The summed E-state index contributed by atoms with van der Waals surface area (Å²) in [4.78, 5) is 11.0. The van der Waals surface area contributed by atoms with Crippen molar-refractivity contribution in [3.8, 4) is 0 Å². The lowest BCUT2D eigenvalue weighted by molar-refractivity contribution is 0.0701. The third kappa shape index (κ3) is 2.67. The molecule has 1 aromatic heterocycles. The maximum Gasteiger partial charge on any atom is 0.346 e. The topological polar surface area (TPSA) is 74.7 Å². The van der Waals surface area contributed by atoms with E-state index in [1.165, 1.54) is 10.4 Å². The van der Waals surface area contributed by atoms with Crippen LogP contribution in [0.2, 0.25) is 0 Å². The SMILES string of the molecule is CCN(CC)S(=O)(=O)c1cc(C)c(C(=O)O)s1. The van der Waals surface area contributed by atoms with Gasteiger partial charge in [-0.2, -0.15) is 4.31 Å². The monoisotopic (exact) mass is 277 g/mol. The van der Waals surface area contributed by atoms with Crippen LogP contribution in [0.25, 0.3) is 0 Å². The molecule has 1 aromatic rings. The molecular formula is C10H15NO4S2. The first-order valence-corrected chi connectivity index (χ1v) is 7.44. The van der Waals surface area contributed by atoms with E-state index in [4.69, 9.17) is 5.11 Å². The summed E-state index contributed by atoms with van der Waals surface area (Å²) < 4.78 is 25.7. The normalized spacial score (nSPS) is 12.0. The minimum Gasteiger partial charge on any atom is -0.477 e. The molecule has 7 heteroatoms. The van der Waals surface area contributed by atoms with Crippen LogP contribution in [0.5, 0.6) is 0 Å². The van der Waals surface area contributed by atoms with Gasteiger partial charge in [0.2, 0.25) is 0 Å². The summed E-state index contributed by atoms with van der Waals surface area (Å²) in [6.07, 6.45) is 0. The van der Waals surface area contributed by atoms with Crippen molar-refractivity contribution in [3.63, 3.8) is 0 Å². The average molecular weight is 277 g/mol. The predicted octanol–water partition coefficient (Wildman–Crippen LogP) is 1.79. The van der Waals surface area contributed by atoms with Gasteiger partial charge in [0.15, 0.2) is 0 Å². The third-order valence-corrected chi connectivity index (χ3v) is 6.11. The molecule has 0 amide bonds. The predicted molar refractivity (Wildman–Crippen MR) is 66.1 cm³/mol. The minimum atomic E-state index is -3.55. The van der Waals surface area contributed by atoms with Crippen LogP contribution in [-0.4, -0.2) is 36.9 Å². The van der Waals surface area contributed by atoms with E-state index in [0.29, 0.717) is 18.7 Å². The lowest BCUT2D eigenvalue weighted by Gasteiger charge is -2.16. The fourth-order valence-electron chi connectivity index (χ4n) is 1.48. The van der Waals surface area contributed by atoms with Gasteiger partial charge in [-0.25, -0.2) is 13.2 Å². The Labute approximate surface area is 105 Å². The van der Waals surface area contributed by atoms with Crippen LogP contribution < -0.4 is 0 Å². The van der Waals surface area contributed by atoms with Gasteiger partial charge in [-0.05, 0) is 18.6 Å². The Balaban J connectivity index is 3.25. The third-order valence-electron chi connectivity index (χ3n) is 2.39. The number of rotatable bonds is 5. The molecule has 1 N–H and O–H groups in total. The lowest BCUT2D eigenvalue weighted by atomic mass is 10.3. The molecule has 0 bridgehead atoms. The molecule has 0 aliphatic rings. The first-order chi connectivity index (χ1) is 7.84. The summed E-state index contributed by atoms with van der Waals surface area (Å²) in [5.74, 6) is -1.09. The standard InChI is InChI=1S/C10H15NO4S2/c1-4-11(5-2)17(14,15)8-6-7(3)9(16-8)10(12)13/h6H,4-5H2,1-3H3,(H,12,13). The summed E-state index contributed by atoms with van der Waals surface area (Å²) in [5, 5.41) is 8.90. The molecule has 0 saturated heterocycles. The summed E-state index contributed by atoms with van der Waals surface area (Å²) >= 11 is 0.804. The number of hydrogen-bond donors (Lipinski definition) is 1. The van der Waals surface area contributed by atoms with Gasteiger partial charge in [0, 0.05) is 13.1 Å². The van der Waals surface area contributed by atoms with E-state index in [0.717, 1.165) is 11.3 Å². The Morgan fingerprint density at radius 2 is 1.94 bits per heavy atom. The van der Waals surface area contributed by atoms with Crippen molar-refractivity contribution < 1.29 is 18.3 Å². The highest BCUT2D eigenvalue weighted by molar-refractivity contribution is 7.91. The van der Waals surface area contributed by atoms with Gasteiger partial charge in [0.05, 0.1) is 0 Å². The van der Waals surface area contributed by atoms with E-state index in [-0.39, 0.29) is 9.09 Å².